The van der Waals surface area contributed by atoms with Crippen LogP contribution in [0.5, 0.6) is 0 Å². The highest BCUT2D eigenvalue weighted by molar-refractivity contribution is 5.69. The van der Waals surface area contributed by atoms with Crippen LogP contribution in [0.15, 0.2) is 0 Å². The van der Waals surface area contributed by atoms with Crippen molar-refractivity contribution >= 4 is 5.97 Å². The molecule has 0 aromatic heterocycles. The topological polar surface area (TPSA) is 52.3 Å². The average molecular weight is 213 g/mol. The molecular weight excluding hydrogens is 190 g/mol. The first kappa shape index (κ1) is 12.5. The van der Waals surface area contributed by atoms with E-state index >= 15 is 0 Å². The summed E-state index contributed by atoms with van der Waals surface area (Å²) in [6, 6.07) is 0. The van der Waals surface area contributed by atoms with Crippen LogP contribution in [0.25, 0.3) is 0 Å². The maximum atomic E-state index is 11.3. The Morgan fingerprint density at radius 3 is 2.60 bits per heavy atom. The first-order valence-electron chi connectivity index (χ1n) is 6.18. The van der Waals surface area contributed by atoms with Crippen LogP contribution in [0.1, 0.15) is 51.4 Å². The maximum Gasteiger partial charge on any atom is 0.305 e. The Hall–Kier alpha value is -0.570. The van der Waals surface area contributed by atoms with Crippen LogP contribution >= 0.6 is 0 Å². The summed E-state index contributed by atoms with van der Waals surface area (Å²) < 4.78 is 5.24. The molecule has 0 saturated heterocycles. The van der Waals surface area contributed by atoms with Crippen LogP contribution in [0.2, 0.25) is 0 Å². The van der Waals surface area contributed by atoms with Gasteiger partial charge < -0.3 is 10.5 Å². The fraction of sp³-hybridized carbons (Fsp3) is 0.917. The summed E-state index contributed by atoms with van der Waals surface area (Å²) in [5, 5.41) is 0. The molecule has 0 aromatic rings. The molecule has 0 heterocycles. The zero-order valence-electron chi connectivity index (χ0n) is 9.54. The van der Waals surface area contributed by atoms with Crippen molar-refractivity contribution in [2.45, 2.75) is 51.4 Å². The highest BCUT2D eigenvalue weighted by Crippen LogP contribution is 2.24. The lowest BCUT2D eigenvalue weighted by atomic mass is 10.1. The van der Waals surface area contributed by atoms with Gasteiger partial charge in [0.05, 0.1) is 6.61 Å². The molecule has 1 fully saturated rings. The average Bonchev–Trinajstić information content (AvgIpc) is 2.74. The summed E-state index contributed by atoms with van der Waals surface area (Å²) in [5.74, 6) is 0.608. The van der Waals surface area contributed by atoms with Crippen LogP contribution in [-0.2, 0) is 9.53 Å². The van der Waals surface area contributed by atoms with Gasteiger partial charge in [0.25, 0.3) is 0 Å². The smallest absolute Gasteiger partial charge is 0.305 e. The van der Waals surface area contributed by atoms with E-state index in [9.17, 15) is 4.79 Å². The van der Waals surface area contributed by atoms with E-state index in [1.54, 1.807) is 0 Å². The molecule has 1 saturated carbocycles. The molecule has 0 spiro atoms. The number of esters is 1. The third kappa shape index (κ3) is 5.78. The molecule has 1 aliphatic rings. The minimum atomic E-state index is -0.0288. The normalized spacial score (nSPS) is 16.9. The largest absolute Gasteiger partial charge is 0.465 e. The van der Waals surface area contributed by atoms with Crippen LogP contribution in [0, 0.1) is 5.92 Å². The number of carbonyl (C=O) groups is 1. The van der Waals surface area contributed by atoms with Gasteiger partial charge in [-0.05, 0) is 38.1 Å². The van der Waals surface area contributed by atoms with E-state index in [-0.39, 0.29) is 5.97 Å². The summed E-state index contributed by atoms with van der Waals surface area (Å²) in [5.41, 5.74) is 5.37. The summed E-state index contributed by atoms with van der Waals surface area (Å²) in [7, 11) is 0. The fourth-order valence-corrected chi connectivity index (χ4v) is 2.05. The molecule has 1 aliphatic carbocycles. The number of hydrogen-bond donors (Lipinski definition) is 1. The van der Waals surface area contributed by atoms with Gasteiger partial charge in [-0.1, -0.05) is 19.3 Å². The Morgan fingerprint density at radius 1 is 1.20 bits per heavy atom. The maximum absolute atomic E-state index is 11.3. The first-order chi connectivity index (χ1) is 7.33. The summed E-state index contributed by atoms with van der Waals surface area (Å²) in [6.07, 6.45) is 8.61. The molecule has 0 radical (unpaired) electrons. The Balaban J connectivity index is 1.93. The lowest BCUT2D eigenvalue weighted by molar-refractivity contribution is -0.145. The van der Waals surface area contributed by atoms with Gasteiger partial charge in [-0.25, -0.2) is 0 Å². The molecule has 88 valence electrons. The van der Waals surface area contributed by atoms with E-state index < -0.39 is 0 Å². The van der Waals surface area contributed by atoms with Crippen molar-refractivity contribution in [2.24, 2.45) is 11.7 Å². The van der Waals surface area contributed by atoms with Gasteiger partial charge in [0.2, 0.25) is 0 Å². The quantitative estimate of drug-likeness (QED) is 0.521. The third-order valence-electron chi connectivity index (χ3n) is 3.04. The van der Waals surface area contributed by atoms with E-state index in [4.69, 9.17) is 10.5 Å². The minimum Gasteiger partial charge on any atom is -0.465 e. The number of carbonyl (C=O) groups excluding carboxylic acids is 1. The molecule has 0 amide bonds. The third-order valence-corrected chi connectivity index (χ3v) is 3.04. The second-order valence-electron chi connectivity index (χ2n) is 4.43. The van der Waals surface area contributed by atoms with E-state index in [1.807, 2.05) is 0 Å². The minimum absolute atomic E-state index is 0.0288. The highest BCUT2D eigenvalue weighted by Gasteiger charge is 2.16. The number of hydrogen-bond acceptors (Lipinski definition) is 3. The van der Waals surface area contributed by atoms with E-state index in [2.05, 4.69) is 0 Å². The Bertz CT molecular complexity index is 176. The van der Waals surface area contributed by atoms with Crippen LogP contribution < -0.4 is 5.73 Å². The van der Waals surface area contributed by atoms with Crippen LogP contribution in [0.3, 0.4) is 0 Å². The highest BCUT2D eigenvalue weighted by atomic mass is 16.5. The Labute approximate surface area is 92.4 Å². The van der Waals surface area contributed by atoms with Crippen molar-refractivity contribution in [2.75, 3.05) is 13.2 Å². The van der Waals surface area contributed by atoms with Crippen molar-refractivity contribution in [3.05, 3.63) is 0 Å². The Morgan fingerprint density at radius 2 is 1.93 bits per heavy atom. The predicted octanol–water partition coefficient (Wildman–Crippen LogP) is 2.24. The molecule has 0 bridgehead atoms. The van der Waals surface area contributed by atoms with Gasteiger partial charge >= 0.3 is 5.97 Å². The van der Waals surface area contributed by atoms with Gasteiger partial charge in [0.1, 0.15) is 0 Å². The van der Waals surface area contributed by atoms with Gasteiger partial charge in [-0.15, -0.1) is 0 Å². The first-order valence-corrected chi connectivity index (χ1v) is 6.18. The van der Waals surface area contributed by atoms with Gasteiger partial charge in [0.15, 0.2) is 0 Å². The van der Waals surface area contributed by atoms with Gasteiger partial charge in [-0.3, -0.25) is 4.79 Å². The van der Waals surface area contributed by atoms with Gasteiger partial charge in [0, 0.05) is 6.42 Å². The Kier molecular flexibility index (Phi) is 6.41. The molecule has 3 heteroatoms. The fourth-order valence-electron chi connectivity index (χ4n) is 2.05. The SMILES string of the molecule is NCCCCCC(=O)OCC1CCCC1. The van der Waals surface area contributed by atoms with Crippen molar-refractivity contribution in [1.29, 1.82) is 0 Å². The summed E-state index contributed by atoms with van der Waals surface area (Å²) in [6.45, 7) is 1.37. The van der Waals surface area contributed by atoms with Crippen molar-refractivity contribution in [1.82, 2.24) is 0 Å². The van der Waals surface area contributed by atoms with E-state index in [1.165, 1.54) is 25.7 Å². The number of rotatable bonds is 7. The van der Waals surface area contributed by atoms with Crippen LogP contribution in [-0.4, -0.2) is 19.1 Å². The molecular formula is C12H23NO2. The summed E-state index contributed by atoms with van der Waals surface area (Å²) in [4.78, 5) is 11.3. The van der Waals surface area contributed by atoms with Crippen molar-refractivity contribution < 1.29 is 9.53 Å². The number of unbranched alkanes of at least 4 members (excludes halogenated alkanes) is 2. The standard InChI is InChI=1S/C12H23NO2/c13-9-5-1-2-8-12(14)15-10-11-6-3-4-7-11/h11H,1-10,13H2. The lowest BCUT2D eigenvalue weighted by Crippen LogP contribution is -2.11. The van der Waals surface area contributed by atoms with Crippen molar-refractivity contribution in [3.63, 3.8) is 0 Å². The monoisotopic (exact) mass is 213 g/mol. The summed E-state index contributed by atoms with van der Waals surface area (Å²) >= 11 is 0. The predicted molar refractivity (Wildman–Crippen MR) is 60.4 cm³/mol. The van der Waals surface area contributed by atoms with E-state index in [0.29, 0.717) is 18.9 Å². The lowest BCUT2D eigenvalue weighted by Gasteiger charge is -2.09. The molecule has 0 aromatic carbocycles. The second-order valence-corrected chi connectivity index (χ2v) is 4.43. The molecule has 2 N–H and O–H groups in total. The van der Waals surface area contributed by atoms with E-state index in [0.717, 1.165) is 25.8 Å². The molecule has 0 atom stereocenters. The zero-order valence-corrected chi connectivity index (χ0v) is 9.54. The second kappa shape index (κ2) is 7.69. The number of nitrogens with two attached hydrogens (primary N) is 1. The molecule has 15 heavy (non-hydrogen) atoms. The molecule has 0 aliphatic heterocycles. The van der Waals surface area contributed by atoms with Crippen molar-refractivity contribution in [3.8, 4) is 0 Å². The molecule has 0 unspecified atom stereocenters. The van der Waals surface area contributed by atoms with Gasteiger partial charge in [-0.2, -0.15) is 0 Å². The van der Waals surface area contributed by atoms with Crippen LogP contribution in [0.4, 0.5) is 0 Å². The molecule has 1 rings (SSSR count). The number of ether oxygens (including phenoxy) is 1. The molecule has 3 nitrogen and oxygen atoms in total. The zero-order chi connectivity index (χ0) is 10.9.